The molecule has 0 aliphatic carbocycles. The summed E-state index contributed by atoms with van der Waals surface area (Å²) in [4.78, 5) is 6.30. The van der Waals surface area contributed by atoms with Crippen molar-refractivity contribution in [2.75, 3.05) is 0 Å². The van der Waals surface area contributed by atoms with Crippen LogP contribution in [0.15, 0.2) is 53.7 Å². The highest BCUT2D eigenvalue weighted by molar-refractivity contribution is 7.90. The quantitative estimate of drug-likeness (QED) is 0.506. The van der Waals surface area contributed by atoms with Gasteiger partial charge in [0.05, 0.1) is 11.2 Å². The van der Waals surface area contributed by atoms with Crippen molar-refractivity contribution in [3.05, 3.63) is 65.4 Å². The maximum Gasteiger partial charge on any atom is 0.313 e. The number of fused-ring (bicyclic) bond motifs is 1. The molecule has 0 radical (unpaired) electrons. The Kier molecular flexibility index (Phi) is 4.39. The summed E-state index contributed by atoms with van der Waals surface area (Å²) in [5, 5.41) is 20.0. The van der Waals surface area contributed by atoms with E-state index < -0.39 is 38.3 Å². The largest absolute Gasteiger partial charge is 0.504 e. The summed E-state index contributed by atoms with van der Waals surface area (Å²) < 4.78 is 55.0. The number of aromatic hydroxyl groups is 2. The van der Waals surface area contributed by atoms with Gasteiger partial charge in [-0.3, -0.25) is 0 Å². The van der Waals surface area contributed by atoms with Crippen LogP contribution < -0.4 is 0 Å². The molecule has 148 valence electrons. The Labute approximate surface area is 167 Å². The van der Waals surface area contributed by atoms with E-state index in [1.807, 2.05) is 0 Å². The van der Waals surface area contributed by atoms with Crippen LogP contribution in [0.5, 0.6) is 11.8 Å². The summed E-state index contributed by atoms with van der Waals surface area (Å²) in [6.07, 6.45) is 2.35. The van der Waals surface area contributed by atoms with Gasteiger partial charge in [0.25, 0.3) is 10.0 Å². The Morgan fingerprint density at radius 3 is 2.38 bits per heavy atom. The summed E-state index contributed by atoms with van der Waals surface area (Å²) >= 11 is 5.99. The molecule has 2 aromatic heterocycles. The average Bonchev–Trinajstić information content (AvgIpc) is 3.04. The third kappa shape index (κ3) is 3.15. The van der Waals surface area contributed by atoms with Crippen molar-refractivity contribution >= 4 is 32.5 Å². The number of rotatable bonds is 3. The van der Waals surface area contributed by atoms with Crippen molar-refractivity contribution in [2.24, 2.45) is 0 Å². The molecule has 0 amide bonds. The van der Waals surface area contributed by atoms with Crippen LogP contribution in [0.3, 0.4) is 0 Å². The van der Waals surface area contributed by atoms with Gasteiger partial charge in [-0.05, 0) is 30.3 Å². The van der Waals surface area contributed by atoms with Gasteiger partial charge in [0.15, 0.2) is 11.6 Å². The Balaban J connectivity index is 2.09. The second-order valence-electron chi connectivity index (χ2n) is 6.01. The molecule has 2 aromatic carbocycles. The number of nitrogens with zero attached hydrogens (tertiary/aromatic N) is 3. The SMILES string of the molecule is O=S(=O)(c1cc(F)cc(F)c1O)n1c(-c2cnc(O)nc2)cc2cc(Cl)ccc21. The van der Waals surface area contributed by atoms with Crippen molar-refractivity contribution in [3.8, 4) is 23.0 Å². The van der Waals surface area contributed by atoms with Gasteiger partial charge in [0.2, 0.25) is 0 Å². The minimum Gasteiger partial charge on any atom is -0.504 e. The van der Waals surface area contributed by atoms with Gasteiger partial charge >= 0.3 is 6.01 Å². The number of hydrogen-bond acceptors (Lipinski definition) is 6. The van der Waals surface area contributed by atoms with E-state index in [1.165, 1.54) is 36.7 Å². The third-order valence-corrected chi connectivity index (χ3v) is 6.14. The molecule has 4 aromatic rings. The van der Waals surface area contributed by atoms with E-state index in [0.29, 0.717) is 22.5 Å². The van der Waals surface area contributed by atoms with Gasteiger partial charge < -0.3 is 10.2 Å². The normalized spacial score (nSPS) is 11.8. The molecule has 2 N–H and O–H groups in total. The Morgan fingerprint density at radius 1 is 1.00 bits per heavy atom. The minimum atomic E-state index is -4.67. The maximum absolute atomic E-state index is 13.8. The lowest BCUT2D eigenvalue weighted by molar-refractivity contribution is 0.411. The lowest BCUT2D eigenvalue weighted by Gasteiger charge is -2.13. The number of phenols is 1. The monoisotopic (exact) mass is 437 g/mol. The molecule has 11 heteroatoms. The van der Waals surface area contributed by atoms with Crippen LogP contribution in [0.4, 0.5) is 8.78 Å². The molecule has 0 atom stereocenters. The van der Waals surface area contributed by atoms with E-state index >= 15 is 0 Å². The lowest BCUT2D eigenvalue weighted by atomic mass is 10.2. The lowest BCUT2D eigenvalue weighted by Crippen LogP contribution is -2.15. The van der Waals surface area contributed by atoms with Crippen molar-refractivity contribution in [2.45, 2.75) is 4.90 Å². The highest BCUT2D eigenvalue weighted by Crippen LogP contribution is 2.36. The first kappa shape index (κ1) is 19.1. The fourth-order valence-corrected chi connectivity index (χ4v) is 4.73. The molecule has 0 aliphatic rings. The van der Waals surface area contributed by atoms with Crippen LogP contribution in [-0.4, -0.2) is 32.6 Å². The van der Waals surface area contributed by atoms with E-state index in [1.54, 1.807) is 0 Å². The number of hydrogen-bond donors (Lipinski definition) is 2. The summed E-state index contributed by atoms with van der Waals surface area (Å²) in [6.45, 7) is 0. The molecule has 0 spiro atoms. The van der Waals surface area contributed by atoms with Crippen LogP contribution in [0.25, 0.3) is 22.2 Å². The first-order valence-corrected chi connectivity index (χ1v) is 9.76. The Morgan fingerprint density at radius 2 is 1.69 bits per heavy atom. The van der Waals surface area contributed by atoms with Gasteiger partial charge in [-0.1, -0.05) is 11.6 Å². The zero-order valence-electron chi connectivity index (χ0n) is 14.2. The molecule has 4 rings (SSSR count). The molecule has 0 unspecified atom stereocenters. The van der Waals surface area contributed by atoms with E-state index in [-0.39, 0.29) is 16.8 Å². The van der Waals surface area contributed by atoms with E-state index in [2.05, 4.69) is 9.97 Å². The molecule has 0 saturated carbocycles. The molecular formula is C18H10ClF2N3O4S. The predicted molar refractivity (Wildman–Crippen MR) is 100 cm³/mol. The summed E-state index contributed by atoms with van der Waals surface area (Å²) in [6, 6.07) is 6.18. The molecule has 0 aliphatic heterocycles. The summed E-state index contributed by atoms with van der Waals surface area (Å²) in [7, 11) is -4.67. The van der Waals surface area contributed by atoms with Crippen molar-refractivity contribution in [3.63, 3.8) is 0 Å². The first-order valence-electron chi connectivity index (χ1n) is 7.94. The van der Waals surface area contributed by atoms with E-state index in [0.717, 1.165) is 3.97 Å². The van der Waals surface area contributed by atoms with Gasteiger partial charge in [-0.2, -0.15) is 0 Å². The van der Waals surface area contributed by atoms with Crippen LogP contribution in [0.1, 0.15) is 0 Å². The van der Waals surface area contributed by atoms with Gasteiger partial charge in [-0.25, -0.2) is 31.1 Å². The zero-order chi connectivity index (χ0) is 20.9. The van der Waals surface area contributed by atoms with Crippen LogP contribution in [0, 0.1) is 11.6 Å². The molecular weight excluding hydrogens is 428 g/mol. The van der Waals surface area contributed by atoms with Crippen LogP contribution >= 0.6 is 11.6 Å². The molecule has 0 saturated heterocycles. The molecule has 0 fully saturated rings. The van der Waals surface area contributed by atoms with E-state index in [4.69, 9.17) is 11.6 Å². The maximum atomic E-state index is 13.8. The average molecular weight is 438 g/mol. The topological polar surface area (TPSA) is 105 Å². The summed E-state index contributed by atoms with van der Waals surface area (Å²) in [5.74, 6) is -3.80. The molecule has 7 nitrogen and oxygen atoms in total. The van der Waals surface area contributed by atoms with Crippen LogP contribution in [-0.2, 0) is 10.0 Å². The minimum absolute atomic E-state index is 0.0336. The second kappa shape index (κ2) is 6.68. The van der Waals surface area contributed by atoms with Crippen molar-refractivity contribution < 1.29 is 27.4 Å². The Hall–Kier alpha value is -3.24. The highest BCUT2D eigenvalue weighted by Gasteiger charge is 2.29. The molecule has 2 heterocycles. The first-order chi connectivity index (χ1) is 13.7. The number of benzene rings is 2. The predicted octanol–water partition coefficient (Wildman–Crippen LogP) is 3.68. The zero-order valence-corrected chi connectivity index (χ0v) is 15.8. The van der Waals surface area contributed by atoms with Crippen molar-refractivity contribution in [1.82, 2.24) is 13.9 Å². The number of halogens is 3. The fourth-order valence-electron chi connectivity index (χ4n) is 2.91. The van der Waals surface area contributed by atoms with Gasteiger partial charge in [0, 0.05) is 34.4 Å². The van der Waals surface area contributed by atoms with Gasteiger partial charge in [-0.15, -0.1) is 0 Å². The number of phenolic OH excluding ortho intramolecular Hbond substituents is 1. The van der Waals surface area contributed by atoms with Crippen molar-refractivity contribution in [1.29, 1.82) is 0 Å². The Bertz CT molecular complexity index is 1370. The number of aromatic nitrogens is 3. The summed E-state index contributed by atoms with van der Waals surface area (Å²) in [5.41, 5.74) is 0.364. The highest BCUT2D eigenvalue weighted by atomic mass is 35.5. The van der Waals surface area contributed by atoms with Crippen LogP contribution in [0.2, 0.25) is 5.02 Å². The van der Waals surface area contributed by atoms with Gasteiger partial charge in [0.1, 0.15) is 10.7 Å². The molecule has 0 bridgehead atoms. The van der Waals surface area contributed by atoms with E-state index in [9.17, 15) is 27.4 Å². The third-order valence-electron chi connectivity index (χ3n) is 4.16. The second-order valence-corrected chi connectivity index (χ2v) is 8.20. The standard InChI is InChI=1S/C18H10ClF2N3O4S/c19-11-1-2-14-9(3-11)4-15(10-7-22-18(26)23-8-10)24(14)29(27,28)16-6-12(20)5-13(21)17(16)25/h1-8,25H,(H,22,23,26). The molecule has 29 heavy (non-hydrogen) atoms. The smallest absolute Gasteiger partial charge is 0.313 e. The fraction of sp³-hybridized carbons (Fsp3) is 0.